The molecule has 33 heavy (non-hydrogen) atoms. The normalized spacial score (nSPS) is 55.3. The summed E-state index contributed by atoms with van der Waals surface area (Å²) in [6.07, 6.45) is 6.35. The van der Waals surface area contributed by atoms with Crippen molar-refractivity contribution < 1.29 is 29.2 Å². The van der Waals surface area contributed by atoms with E-state index in [0.29, 0.717) is 18.4 Å². The molecule has 10 atom stereocenters. The van der Waals surface area contributed by atoms with Gasteiger partial charge < -0.3 is 29.2 Å². The molecule has 2 N–H and O–H groups in total. The molecule has 1 saturated heterocycles. The van der Waals surface area contributed by atoms with E-state index >= 15 is 0 Å². The van der Waals surface area contributed by atoms with Gasteiger partial charge in [0.05, 0.1) is 29.3 Å². The number of aliphatic hydroxyl groups excluding tert-OH is 1. The molecule has 0 aromatic rings. The summed E-state index contributed by atoms with van der Waals surface area (Å²) in [6.45, 7) is 12.0. The third kappa shape index (κ3) is 3.13. The van der Waals surface area contributed by atoms with Gasteiger partial charge >= 0.3 is 0 Å². The zero-order valence-electron chi connectivity index (χ0n) is 21.6. The molecule has 4 saturated carbocycles. The van der Waals surface area contributed by atoms with E-state index in [2.05, 4.69) is 20.8 Å². The number of aliphatic hydroxyl groups is 2. The molecule has 0 amide bonds. The van der Waals surface area contributed by atoms with E-state index in [4.69, 9.17) is 18.9 Å². The van der Waals surface area contributed by atoms with Crippen LogP contribution in [-0.2, 0) is 18.9 Å². The van der Waals surface area contributed by atoms with Crippen LogP contribution in [0.4, 0.5) is 0 Å². The van der Waals surface area contributed by atoms with Gasteiger partial charge in [-0.2, -0.15) is 0 Å². The number of rotatable bonds is 4. The Balaban J connectivity index is 1.63. The minimum Gasteiger partial charge on any atom is -0.396 e. The van der Waals surface area contributed by atoms with Crippen LogP contribution in [-0.4, -0.2) is 60.4 Å². The third-order valence-corrected chi connectivity index (χ3v) is 11.1. The fraction of sp³-hybridized carbons (Fsp3) is 1.00. The van der Waals surface area contributed by atoms with Crippen molar-refractivity contribution >= 4 is 0 Å². The summed E-state index contributed by atoms with van der Waals surface area (Å²) in [4.78, 5) is 0. The number of hydrogen-bond donors (Lipinski definition) is 2. The van der Waals surface area contributed by atoms with Crippen LogP contribution >= 0.6 is 0 Å². The van der Waals surface area contributed by atoms with Crippen molar-refractivity contribution in [1.82, 2.24) is 0 Å². The number of ether oxygens (including phenoxy) is 4. The van der Waals surface area contributed by atoms with E-state index in [-0.39, 0.29) is 48.3 Å². The molecule has 6 heteroatoms. The van der Waals surface area contributed by atoms with Crippen LogP contribution in [0.5, 0.6) is 0 Å². The standard InChI is InChI=1S/C27H46O6/c1-17-11-21-26(15-31-23(3,4)33-21)22-18(2)13-24(5)19(14-28)7-10-27(24,32-16-30-6)20(22)8-9-25(26,29)12-17/h17-22,28-29H,7-16H2,1-6H3/t17-,18+,19+,20?,21+,22?,24+,25-,26+,27-/m0/s1. The predicted octanol–water partition coefficient (Wildman–Crippen LogP) is 4.12. The Labute approximate surface area is 199 Å². The van der Waals surface area contributed by atoms with Gasteiger partial charge in [-0.25, -0.2) is 0 Å². The van der Waals surface area contributed by atoms with Gasteiger partial charge in [-0.1, -0.05) is 20.8 Å². The SMILES string of the molecule is COCO[C@]12CC[C@H](CO)[C@@]1(C)C[C@@H](C)C1C2CC[C@]2(O)C[C@@H](C)C[C@H]3OC(C)(C)OC[C@]132. The lowest BCUT2D eigenvalue weighted by atomic mass is 9.38. The molecule has 0 radical (unpaired) electrons. The van der Waals surface area contributed by atoms with Crippen molar-refractivity contribution in [3.05, 3.63) is 0 Å². The molecule has 4 aliphatic carbocycles. The Morgan fingerprint density at radius 1 is 1.06 bits per heavy atom. The van der Waals surface area contributed by atoms with E-state index in [1.54, 1.807) is 7.11 Å². The predicted molar refractivity (Wildman–Crippen MR) is 124 cm³/mol. The maximum atomic E-state index is 12.4. The first-order chi connectivity index (χ1) is 15.5. The molecule has 1 heterocycles. The molecule has 1 aliphatic heterocycles. The lowest BCUT2D eigenvalue weighted by molar-refractivity contribution is -0.399. The van der Waals surface area contributed by atoms with Gasteiger partial charge in [-0.3, -0.25) is 0 Å². The highest BCUT2D eigenvalue weighted by molar-refractivity contribution is 5.24. The molecule has 5 rings (SSSR count). The first-order valence-corrected chi connectivity index (χ1v) is 13.3. The molecule has 0 bridgehead atoms. The van der Waals surface area contributed by atoms with E-state index < -0.39 is 16.8 Å². The van der Waals surface area contributed by atoms with Crippen molar-refractivity contribution in [2.45, 2.75) is 103 Å². The first-order valence-electron chi connectivity index (χ1n) is 13.3. The minimum atomic E-state index is -0.785. The smallest absolute Gasteiger partial charge is 0.163 e. The monoisotopic (exact) mass is 466 g/mol. The largest absolute Gasteiger partial charge is 0.396 e. The van der Waals surface area contributed by atoms with Crippen LogP contribution in [0.25, 0.3) is 0 Å². The maximum absolute atomic E-state index is 12.4. The van der Waals surface area contributed by atoms with Gasteiger partial charge in [0, 0.05) is 19.1 Å². The first kappa shape index (κ1) is 24.5. The quantitative estimate of drug-likeness (QED) is 0.607. The van der Waals surface area contributed by atoms with Crippen LogP contribution < -0.4 is 0 Å². The van der Waals surface area contributed by atoms with Gasteiger partial charge in [-0.15, -0.1) is 0 Å². The fourth-order valence-corrected chi connectivity index (χ4v) is 9.98. The molecular formula is C27H46O6. The molecule has 6 nitrogen and oxygen atoms in total. The van der Waals surface area contributed by atoms with Crippen molar-refractivity contribution in [3.8, 4) is 0 Å². The summed E-state index contributed by atoms with van der Waals surface area (Å²) in [5, 5.41) is 22.7. The Kier molecular flexibility index (Phi) is 5.84. The Morgan fingerprint density at radius 2 is 1.82 bits per heavy atom. The fourth-order valence-electron chi connectivity index (χ4n) is 9.98. The number of hydrogen-bond acceptors (Lipinski definition) is 6. The third-order valence-electron chi connectivity index (χ3n) is 11.1. The van der Waals surface area contributed by atoms with Crippen molar-refractivity contribution in [2.75, 3.05) is 27.1 Å². The van der Waals surface area contributed by atoms with Crippen LogP contribution in [0.15, 0.2) is 0 Å². The summed E-state index contributed by atoms with van der Waals surface area (Å²) in [5.41, 5.74) is -1.68. The van der Waals surface area contributed by atoms with Crippen LogP contribution in [0, 0.1) is 40.4 Å². The average Bonchev–Trinajstić information content (AvgIpc) is 3.01. The summed E-state index contributed by atoms with van der Waals surface area (Å²) in [5.74, 6) is 0.923. The van der Waals surface area contributed by atoms with E-state index in [1.165, 1.54) is 0 Å². The summed E-state index contributed by atoms with van der Waals surface area (Å²) < 4.78 is 25.3. The number of methoxy groups -OCH3 is 1. The van der Waals surface area contributed by atoms with Crippen LogP contribution in [0.1, 0.15) is 79.6 Å². The number of fused-ring (bicyclic) bond motifs is 3. The molecule has 0 aromatic heterocycles. The van der Waals surface area contributed by atoms with Gasteiger partial charge in [0.15, 0.2) is 5.79 Å². The lowest BCUT2D eigenvalue weighted by Crippen LogP contribution is -2.76. The van der Waals surface area contributed by atoms with E-state index in [9.17, 15) is 10.2 Å². The van der Waals surface area contributed by atoms with Crippen molar-refractivity contribution in [3.63, 3.8) is 0 Å². The van der Waals surface area contributed by atoms with E-state index in [1.807, 2.05) is 13.8 Å². The van der Waals surface area contributed by atoms with Crippen molar-refractivity contribution in [1.29, 1.82) is 0 Å². The van der Waals surface area contributed by atoms with Gasteiger partial charge in [0.1, 0.15) is 6.79 Å². The zero-order valence-corrected chi connectivity index (χ0v) is 21.6. The molecule has 0 aromatic carbocycles. The highest BCUT2D eigenvalue weighted by Crippen LogP contribution is 2.73. The Bertz CT molecular complexity index is 757. The van der Waals surface area contributed by atoms with E-state index in [0.717, 1.165) is 44.9 Å². The Morgan fingerprint density at radius 3 is 2.52 bits per heavy atom. The van der Waals surface area contributed by atoms with Crippen LogP contribution in [0.3, 0.4) is 0 Å². The molecule has 5 fully saturated rings. The highest BCUT2D eigenvalue weighted by atomic mass is 16.7. The molecule has 5 aliphatic rings. The summed E-state index contributed by atoms with van der Waals surface area (Å²) >= 11 is 0. The second-order valence-electron chi connectivity index (χ2n) is 13.0. The Hall–Kier alpha value is -0.240. The zero-order chi connectivity index (χ0) is 23.9. The van der Waals surface area contributed by atoms with Gasteiger partial charge in [-0.05, 0) is 88.4 Å². The second kappa shape index (κ2) is 7.88. The molecule has 2 unspecified atom stereocenters. The average molecular weight is 467 g/mol. The van der Waals surface area contributed by atoms with Gasteiger partial charge in [0.2, 0.25) is 0 Å². The molecular weight excluding hydrogens is 420 g/mol. The van der Waals surface area contributed by atoms with Crippen molar-refractivity contribution in [2.24, 2.45) is 40.4 Å². The second-order valence-corrected chi connectivity index (χ2v) is 13.0. The molecule has 190 valence electrons. The summed E-state index contributed by atoms with van der Waals surface area (Å²) in [7, 11) is 1.69. The minimum absolute atomic E-state index is 0.0240. The topological polar surface area (TPSA) is 77.4 Å². The lowest BCUT2D eigenvalue weighted by Gasteiger charge is -2.72. The summed E-state index contributed by atoms with van der Waals surface area (Å²) in [6, 6.07) is 0. The maximum Gasteiger partial charge on any atom is 0.163 e. The van der Waals surface area contributed by atoms with Gasteiger partial charge in [0.25, 0.3) is 0 Å². The highest BCUT2D eigenvalue weighted by Gasteiger charge is 2.76. The molecule has 1 spiro atoms. The van der Waals surface area contributed by atoms with Crippen LogP contribution in [0.2, 0.25) is 0 Å².